The molecule has 270 valence electrons. The van der Waals surface area contributed by atoms with E-state index < -0.39 is 49.1 Å². The van der Waals surface area contributed by atoms with Crippen molar-refractivity contribution in [2.24, 2.45) is 0 Å². The van der Waals surface area contributed by atoms with Crippen molar-refractivity contribution in [2.75, 3.05) is 13.2 Å². The van der Waals surface area contributed by atoms with Crippen molar-refractivity contribution in [1.82, 2.24) is 10.2 Å². The van der Waals surface area contributed by atoms with E-state index in [1.165, 1.54) is 83.5 Å². The van der Waals surface area contributed by atoms with E-state index in [9.17, 15) is 29.7 Å². The fourth-order valence-corrected chi connectivity index (χ4v) is 6.25. The first-order valence-electron chi connectivity index (χ1n) is 18.7. The van der Waals surface area contributed by atoms with E-state index in [4.69, 9.17) is 9.84 Å². The molecule has 0 aliphatic carbocycles. The lowest BCUT2D eigenvalue weighted by atomic mass is 9.94. The normalized spacial score (nSPS) is 21.3. The van der Waals surface area contributed by atoms with Gasteiger partial charge in [0.15, 0.2) is 6.23 Å². The number of unbranched alkanes of at least 4 members (excludes halogenated alkanes) is 19. The summed E-state index contributed by atoms with van der Waals surface area (Å²) in [6.45, 7) is 4.24. The SMILES string of the molecule is CCCCCCCCCCCCCC(=O)N(CCCCCCCCCCCC)[C@@H]1O[C@H](CO)[C@H](O)[C@H](O)[C@@H]1NC(=O)CCC(=O)O. The molecule has 1 heterocycles. The molecule has 1 aliphatic rings. The third kappa shape index (κ3) is 18.6. The van der Waals surface area contributed by atoms with Gasteiger partial charge in [-0.1, -0.05) is 136 Å². The van der Waals surface area contributed by atoms with Crippen LogP contribution < -0.4 is 5.32 Å². The first-order valence-corrected chi connectivity index (χ1v) is 18.7. The maximum Gasteiger partial charge on any atom is 0.303 e. The summed E-state index contributed by atoms with van der Waals surface area (Å²) in [6.07, 6.45) is 18.6. The van der Waals surface area contributed by atoms with E-state index in [0.717, 1.165) is 51.4 Å². The highest BCUT2D eigenvalue weighted by molar-refractivity contribution is 5.81. The van der Waals surface area contributed by atoms with E-state index in [-0.39, 0.29) is 18.7 Å². The maximum absolute atomic E-state index is 13.7. The van der Waals surface area contributed by atoms with E-state index in [1.807, 2.05) is 0 Å². The number of amides is 2. The summed E-state index contributed by atoms with van der Waals surface area (Å²) >= 11 is 0. The Bertz CT molecular complexity index is 798. The molecule has 2 amide bonds. The van der Waals surface area contributed by atoms with Crippen molar-refractivity contribution < 1.29 is 39.5 Å². The van der Waals surface area contributed by atoms with E-state index in [2.05, 4.69) is 19.2 Å². The number of aliphatic hydroxyl groups excluding tert-OH is 3. The highest BCUT2D eigenvalue weighted by Gasteiger charge is 2.48. The molecule has 0 unspecified atom stereocenters. The van der Waals surface area contributed by atoms with Crippen LogP contribution in [0.15, 0.2) is 0 Å². The van der Waals surface area contributed by atoms with Gasteiger partial charge in [0.2, 0.25) is 11.8 Å². The molecule has 0 bridgehead atoms. The van der Waals surface area contributed by atoms with Crippen LogP contribution in [-0.4, -0.2) is 86.8 Å². The van der Waals surface area contributed by atoms with Gasteiger partial charge in [-0.15, -0.1) is 0 Å². The molecule has 46 heavy (non-hydrogen) atoms. The van der Waals surface area contributed by atoms with E-state index >= 15 is 0 Å². The van der Waals surface area contributed by atoms with Crippen LogP contribution in [0.3, 0.4) is 0 Å². The number of nitrogens with one attached hydrogen (secondary N) is 1. The minimum Gasteiger partial charge on any atom is -0.481 e. The summed E-state index contributed by atoms with van der Waals surface area (Å²) < 4.78 is 6.00. The van der Waals surface area contributed by atoms with E-state index in [1.54, 1.807) is 4.90 Å². The molecule has 1 rings (SSSR count). The van der Waals surface area contributed by atoms with Crippen molar-refractivity contribution in [3.63, 3.8) is 0 Å². The minimum absolute atomic E-state index is 0.151. The van der Waals surface area contributed by atoms with Gasteiger partial charge in [0.25, 0.3) is 0 Å². The Morgan fingerprint density at radius 3 is 1.54 bits per heavy atom. The fourth-order valence-electron chi connectivity index (χ4n) is 6.25. The molecule has 10 heteroatoms. The molecule has 1 saturated heterocycles. The number of carboxylic acid groups (broad SMARTS) is 1. The van der Waals surface area contributed by atoms with Gasteiger partial charge in [0.1, 0.15) is 24.4 Å². The van der Waals surface area contributed by atoms with Crippen LogP contribution in [-0.2, 0) is 19.1 Å². The Morgan fingerprint density at radius 2 is 1.09 bits per heavy atom. The zero-order valence-electron chi connectivity index (χ0n) is 29.1. The summed E-state index contributed by atoms with van der Waals surface area (Å²) in [5, 5.41) is 43.0. The predicted octanol–water partition coefficient (Wildman–Crippen LogP) is 6.23. The molecular formula is C36H68N2O8. The van der Waals surface area contributed by atoms with Crippen LogP contribution in [0.1, 0.15) is 168 Å². The summed E-state index contributed by atoms with van der Waals surface area (Å²) in [5.74, 6) is -1.90. The second-order valence-corrected chi connectivity index (χ2v) is 13.3. The van der Waals surface area contributed by atoms with Crippen molar-refractivity contribution >= 4 is 17.8 Å². The second-order valence-electron chi connectivity index (χ2n) is 13.3. The lowest BCUT2D eigenvalue weighted by molar-refractivity contribution is -0.231. The van der Waals surface area contributed by atoms with Gasteiger partial charge in [-0.05, 0) is 12.8 Å². The zero-order valence-corrected chi connectivity index (χ0v) is 29.1. The number of hydrogen-bond donors (Lipinski definition) is 5. The average Bonchev–Trinajstić information content (AvgIpc) is 3.04. The molecule has 5 N–H and O–H groups in total. The molecule has 0 spiro atoms. The molecule has 10 nitrogen and oxygen atoms in total. The summed E-state index contributed by atoms with van der Waals surface area (Å²) in [5.41, 5.74) is 0. The largest absolute Gasteiger partial charge is 0.481 e. The fraction of sp³-hybridized carbons (Fsp3) is 0.917. The quantitative estimate of drug-likeness (QED) is 0.0594. The van der Waals surface area contributed by atoms with Crippen molar-refractivity contribution in [2.45, 2.75) is 199 Å². The van der Waals surface area contributed by atoms with Gasteiger partial charge in [0, 0.05) is 19.4 Å². The first-order chi connectivity index (χ1) is 22.3. The highest BCUT2D eigenvalue weighted by atomic mass is 16.5. The minimum atomic E-state index is -1.50. The Balaban J connectivity index is 2.79. The molecule has 0 saturated carbocycles. The molecule has 0 radical (unpaired) electrons. The van der Waals surface area contributed by atoms with Gasteiger partial charge >= 0.3 is 5.97 Å². The number of nitrogens with zero attached hydrogens (tertiary/aromatic N) is 1. The molecule has 1 aliphatic heterocycles. The number of ether oxygens (including phenoxy) is 1. The summed E-state index contributed by atoms with van der Waals surface area (Å²) in [6, 6.07) is -1.16. The first kappa shape index (κ1) is 42.3. The van der Waals surface area contributed by atoms with Crippen LogP contribution in [0.25, 0.3) is 0 Å². The Kier molecular flexibility index (Phi) is 25.0. The Labute approximate surface area is 279 Å². The van der Waals surface area contributed by atoms with Gasteiger partial charge in [-0.3, -0.25) is 14.4 Å². The Morgan fingerprint density at radius 1 is 0.630 bits per heavy atom. The number of aliphatic hydroxyl groups is 3. The number of carbonyl (C=O) groups excluding carboxylic acids is 2. The van der Waals surface area contributed by atoms with Crippen LogP contribution in [0.2, 0.25) is 0 Å². The van der Waals surface area contributed by atoms with Crippen molar-refractivity contribution in [3.05, 3.63) is 0 Å². The van der Waals surface area contributed by atoms with Gasteiger partial charge in [0.05, 0.1) is 13.0 Å². The Hall–Kier alpha value is -1.75. The average molecular weight is 657 g/mol. The number of carboxylic acids is 1. The molecule has 5 atom stereocenters. The maximum atomic E-state index is 13.7. The lowest BCUT2D eigenvalue weighted by Gasteiger charge is -2.47. The standard InChI is InChI=1S/C36H68N2O8/c1-3-5-7-9-11-13-15-16-18-20-22-24-31(41)38(27-23-21-19-17-14-12-10-8-6-4-2)36-33(37-30(40)25-26-32(42)43)35(45)34(44)29(28-39)46-36/h29,33-36,39,44-45H,3-28H2,1-2H3,(H,37,40)(H,42,43)/t29-,33+,34+,35-,36-/m1/s1. The third-order valence-electron chi connectivity index (χ3n) is 9.17. The van der Waals surface area contributed by atoms with Crippen LogP contribution in [0.5, 0.6) is 0 Å². The predicted molar refractivity (Wildman–Crippen MR) is 181 cm³/mol. The van der Waals surface area contributed by atoms with Crippen LogP contribution >= 0.6 is 0 Å². The number of carbonyl (C=O) groups is 3. The van der Waals surface area contributed by atoms with Gasteiger partial charge in [-0.2, -0.15) is 0 Å². The highest BCUT2D eigenvalue weighted by Crippen LogP contribution is 2.26. The van der Waals surface area contributed by atoms with Crippen molar-refractivity contribution in [3.8, 4) is 0 Å². The summed E-state index contributed by atoms with van der Waals surface area (Å²) in [7, 11) is 0. The molecular weight excluding hydrogens is 588 g/mol. The third-order valence-corrected chi connectivity index (χ3v) is 9.17. The van der Waals surface area contributed by atoms with Gasteiger partial charge in [-0.25, -0.2) is 0 Å². The molecule has 0 aromatic rings. The summed E-state index contributed by atoms with van der Waals surface area (Å²) in [4.78, 5) is 38.8. The smallest absolute Gasteiger partial charge is 0.303 e. The molecule has 0 aromatic heterocycles. The van der Waals surface area contributed by atoms with Crippen LogP contribution in [0, 0.1) is 0 Å². The topological polar surface area (TPSA) is 157 Å². The lowest BCUT2D eigenvalue weighted by Crippen LogP contribution is -2.68. The van der Waals surface area contributed by atoms with Gasteiger partial charge < -0.3 is 35.4 Å². The monoisotopic (exact) mass is 656 g/mol. The second kappa shape index (κ2) is 27.2. The van der Waals surface area contributed by atoms with Crippen molar-refractivity contribution in [1.29, 1.82) is 0 Å². The molecule has 1 fully saturated rings. The number of hydrogen-bond acceptors (Lipinski definition) is 7. The zero-order chi connectivity index (χ0) is 34.0. The van der Waals surface area contributed by atoms with E-state index in [0.29, 0.717) is 13.0 Å². The number of aliphatic carboxylic acids is 1. The number of rotatable bonds is 29. The van der Waals surface area contributed by atoms with Crippen LogP contribution in [0.4, 0.5) is 0 Å². The molecule has 0 aromatic carbocycles.